The second-order valence-corrected chi connectivity index (χ2v) is 5.08. The van der Waals surface area contributed by atoms with Crippen LogP contribution in [0, 0.1) is 0 Å². The summed E-state index contributed by atoms with van der Waals surface area (Å²) >= 11 is 5.95. The second-order valence-electron chi connectivity index (χ2n) is 4.67. The number of amides is 2. The van der Waals surface area contributed by atoms with Crippen LogP contribution in [0.1, 0.15) is 12.0 Å². The number of hydrogen-bond acceptors (Lipinski definition) is 6. The molecule has 3 N–H and O–H groups in total. The minimum Gasteiger partial charge on any atom is -0.480 e. The smallest absolute Gasteiger partial charge is 0.341 e. The minimum absolute atomic E-state index is 0.187. The first-order chi connectivity index (χ1) is 11.9. The van der Waals surface area contributed by atoms with E-state index >= 15 is 0 Å². The number of aliphatic carboxylic acids is 1. The average molecular weight is 372 g/mol. The summed E-state index contributed by atoms with van der Waals surface area (Å²) in [6, 6.07) is 4.50. The molecule has 0 aromatic heterocycles. The highest BCUT2D eigenvalue weighted by molar-refractivity contribution is 6.35. The highest BCUT2D eigenvalue weighted by Gasteiger charge is 2.11. The van der Waals surface area contributed by atoms with E-state index in [0.29, 0.717) is 25.1 Å². The van der Waals surface area contributed by atoms with Crippen molar-refractivity contribution >= 4 is 35.6 Å². The molecule has 0 unspecified atom stereocenters. The number of carbonyl (C=O) groups is 3. The van der Waals surface area contributed by atoms with Crippen LogP contribution in [-0.4, -0.2) is 56.0 Å². The monoisotopic (exact) mass is 371 g/mol. The Labute approximate surface area is 148 Å². The van der Waals surface area contributed by atoms with Gasteiger partial charge in [-0.1, -0.05) is 11.6 Å². The van der Waals surface area contributed by atoms with Crippen LogP contribution in [0.5, 0.6) is 5.75 Å². The number of methoxy groups -OCH3 is 1. The summed E-state index contributed by atoms with van der Waals surface area (Å²) in [5, 5.41) is 14.8. The van der Waals surface area contributed by atoms with Crippen molar-refractivity contribution in [3.8, 4) is 5.75 Å². The first-order valence-electron chi connectivity index (χ1n) is 7.18. The summed E-state index contributed by atoms with van der Waals surface area (Å²) in [5.41, 5.74) is 2.60. The van der Waals surface area contributed by atoms with Gasteiger partial charge in [-0.3, -0.25) is 9.59 Å². The van der Waals surface area contributed by atoms with Crippen LogP contribution in [0.15, 0.2) is 23.3 Å². The molecule has 0 radical (unpaired) electrons. The standard InChI is InChI=1S/C15H18ClN3O6/c1-24-6-2-5-17-14(22)15(23)19-18-8-10-3-4-12(11(16)7-10)25-9-13(20)21/h3-4,7-8H,2,5-6,9H2,1H3,(H,17,22)(H,19,23)(H,20,21)/b18-8-. The number of halogens is 1. The zero-order valence-corrected chi connectivity index (χ0v) is 14.2. The Morgan fingerprint density at radius 3 is 2.72 bits per heavy atom. The maximum absolute atomic E-state index is 11.5. The quantitative estimate of drug-likeness (QED) is 0.250. The highest BCUT2D eigenvalue weighted by atomic mass is 35.5. The SMILES string of the molecule is COCCCNC(=O)C(=O)N/N=C\c1ccc(OCC(=O)O)c(Cl)c1. The molecule has 0 aliphatic heterocycles. The minimum atomic E-state index is -1.12. The number of hydrogen-bond donors (Lipinski definition) is 3. The molecule has 0 aliphatic rings. The first-order valence-corrected chi connectivity index (χ1v) is 7.56. The van der Waals surface area contributed by atoms with Crippen molar-refractivity contribution in [3.63, 3.8) is 0 Å². The van der Waals surface area contributed by atoms with Crippen LogP contribution < -0.4 is 15.5 Å². The Morgan fingerprint density at radius 1 is 1.32 bits per heavy atom. The zero-order valence-electron chi connectivity index (χ0n) is 13.5. The fourth-order valence-corrected chi connectivity index (χ4v) is 1.81. The van der Waals surface area contributed by atoms with E-state index in [1.165, 1.54) is 18.3 Å². The third kappa shape index (κ3) is 8.13. The lowest BCUT2D eigenvalue weighted by Crippen LogP contribution is -2.38. The molecule has 0 heterocycles. The van der Waals surface area contributed by atoms with Crippen LogP contribution in [0.25, 0.3) is 0 Å². The number of benzene rings is 1. The van der Waals surface area contributed by atoms with Gasteiger partial charge >= 0.3 is 17.8 Å². The van der Waals surface area contributed by atoms with Gasteiger partial charge in [0.1, 0.15) is 5.75 Å². The molecule has 0 aliphatic carbocycles. The van der Waals surface area contributed by atoms with E-state index in [1.807, 2.05) is 0 Å². The van der Waals surface area contributed by atoms with Gasteiger partial charge < -0.3 is 19.9 Å². The third-order valence-electron chi connectivity index (χ3n) is 2.70. The summed E-state index contributed by atoms with van der Waals surface area (Å²) in [6.07, 6.45) is 1.87. The van der Waals surface area contributed by atoms with Crippen LogP contribution >= 0.6 is 11.6 Å². The van der Waals surface area contributed by atoms with Crippen LogP contribution in [0.3, 0.4) is 0 Å². The molecule has 10 heteroatoms. The zero-order chi connectivity index (χ0) is 18.7. The van der Waals surface area contributed by atoms with E-state index in [1.54, 1.807) is 13.2 Å². The maximum Gasteiger partial charge on any atom is 0.341 e. The first kappa shape index (κ1) is 20.4. The third-order valence-corrected chi connectivity index (χ3v) is 3.00. The summed E-state index contributed by atoms with van der Waals surface area (Å²) in [5.74, 6) is -2.62. The van der Waals surface area contributed by atoms with Gasteiger partial charge in [-0.05, 0) is 30.2 Å². The van der Waals surface area contributed by atoms with Crippen molar-refractivity contribution < 1.29 is 29.0 Å². The van der Waals surface area contributed by atoms with Crippen molar-refractivity contribution in [1.29, 1.82) is 0 Å². The summed E-state index contributed by atoms with van der Waals surface area (Å²) in [7, 11) is 1.54. The Hall–Kier alpha value is -2.65. The molecular formula is C15H18ClN3O6. The summed E-state index contributed by atoms with van der Waals surface area (Å²) in [4.78, 5) is 33.4. The van der Waals surface area contributed by atoms with Gasteiger partial charge in [-0.2, -0.15) is 5.10 Å². The molecule has 1 aromatic carbocycles. The van der Waals surface area contributed by atoms with E-state index in [-0.39, 0.29) is 10.8 Å². The molecule has 136 valence electrons. The molecule has 0 bridgehead atoms. The van der Waals surface area contributed by atoms with Crippen LogP contribution in [0.2, 0.25) is 5.02 Å². The molecule has 9 nitrogen and oxygen atoms in total. The van der Waals surface area contributed by atoms with Crippen molar-refractivity contribution in [3.05, 3.63) is 28.8 Å². The number of ether oxygens (including phenoxy) is 2. The van der Waals surface area contributed by atoms with Gasteiger partial charge in [0.05, 0.1) is 11.2 Å². The van der Waals surface area contributed by atoms with Gasteiger partial charge in [0.15, 0.2) is 6.61 Å². The maximum atomic E-state index is 11.5. The van der Waals surface area contributed by atoms with Crippen LogP contribution in [-0.2, 0) is 19.1 Å². The molecule has 2 amide bonds. The fourth-order valence-electron chi connectivity index (χ4n) is 1.57. The summed E-state index contributed by atoms with van der Waals surface area (Å²) < 4.78 is 9.79. The topological polar surface area (TPSA) is 126 Å². The van der Waals surface area contributed by atoms with Crippen molar-refractivity contribution in [2.75, 3.05) is 26.9 Å². The van der Waals surface area contributed by atoms with E-state index < -0.39 is 24.4 Å². The molecule has 1 aromatic rings. The number of nitrogens with one attached hydrogen (secondary N) is 2. The van der Waals surface area contributed by atoms with Crippen molar-refractivity contribution in [2.24, 2.45) is 5.10 Å². The van der Waals surface area contributed by atoms with E-state index in [0.717, 1.165) is 0 Å². The number of hydrazone groups is 1. The number of rotatable bonds is 9. The molecule has 0 saturated carbocycles. The van der Waals surface area contributed by atoms with Crippen molar-refractivity contribution in [2.45, 2.75) is 6.42 Å². The Kier molecular flexibility index (Phi) is 8.97. The predicted molar refractivity (Wildman–Crippen MR) is 89.8 cm³/mol. The molecular weight excluding hydrogens is 354 g/mol. The van der Waals surface area contributed by atoms with E-state index in [9.17, 15) is 14.4 Å². The lowest BCUT2D eigenvalue weighted by Gasteiger charge is -2.06. The molecule has 25 heavy (non-hydrogen) atoms. The lowest BCUT2D eigenvalue weighted by atomic mass is 10.2. The highest BCUT2D eigenvalue weighted by Crippen LogP contribution is 2.24. The van der Waals surface area contributed by atoms with Gasteiger partial charge in [0.2, 0.25) is 0 Å². The molecule has 1 rings (SSSR count). The molecule has 0 atom stereocenters. The number of nitrogens with zero attached hydrogens (tertiary/aromatic N) is 1. The van der Waals surface area contributed by atoms with Gasteiger partial charge in [0.25, 0.3) is 0 Å². The Balaban J connectivity index is 2.47. The average Bonchev–Trinajstić information content (AvgIpc) is 2.57. The van der Waals surface area contributed by atoms with Gasteiger partial charge in [-0.15, -0.1) is 0 Å². The normalized spacial score (nSPS) is 10.5. The van der Waals surface area contributed by atoms with E-state index in [4.69, 9.17) is 26.2 Å². The predicted octanol–water partition coefficient (Wildman–Crippen LogP) is 0.406. The van der Waals surface area contributed by atoms with Gasteiger partial charge in [-0.25, -0.2) is 10.2 Å². The second kappa shape index (κ2) is 11.0. The van der Waals surface area contributed by atoms with E-state index in [2.05, 4.69) is 15.8 Å². The summed E-state index contributed by atoms with van der Waals surface area (Å²) in [6.45, 7) is 0.285. The Bertz CT molecular complexity index is 650. The molecule has 0 fully saturated rings. The fraction of sp³-hybridized carbons (Fsp3) is 0.333. The molecule has 0 saturated heterocycles. The van der Waals surface area contributed by atoms with Crippen LogP contribution in [0.4, 0.5) is 0 Å². The number of carboxylic acid groups (broad SMARTS) is 1. The lowest BCUT2D eigenvalue weighted by molar-refractivity contribution is -0.139. The van der Waals surface area contributed by atoms with Crippen molar-refractivity contribution in [1.82, 2.24) is 10.7 Å². The van der Waals surface area contributed by atoms with Gasteiger partial charge in [0, 0.05) is 20.3 Å². The Morgan fingerprint density at radius 2 is 2.08 bits per heavy atom. The largest absolute Gasteiger partial charge is 0.480 e. The number of carbonyl (C=O) groups excluding carboxylic acids is 2. The number of carboxylic acids is 1. The molecule has 0 spiro atoms.